The highest BCUT2D eigenvalue weighted by atomic mass is 19.4. The number of hydrogen-bond acceptors (Lipinski definition) is 3. The molecule has 0 aromatic heterocycles. The zero-order valence-electron chi connectivity index (χ0n) is 13.9. The van der Waals surface area contributed by atoms with Crippen molar-refractivity contribution in [3.8, 4) is 0 Å². The Kier molecular flexibility index (Phi) is 6.41. The van der Waals surface area contributed by atoms with E-state index in [1.165, 1.54) is 19.2 Å². The van der Waals surface area contributed by atoms with Crippen LogP contribution in [0.4, 0.5) is 13.2 Å². The SMILES string of the molecule is COCCC(=O)NC1CCN(C(=O)c2ccc(C(F)(F)F)cc2)CC1. The van der Waals surface area contributed by atoms with E-state index in [4.69, 9.17) is 4.74 Å². The second-order valence-corrected chi connectivity index (χ2v) is 5.95. The lowest BCUT2D eigenvalue weighted by Crippen LogP contribution is -2.46. The summed E-state index contributed by atoms with van der Waals surface area (Å²) in [6.45, 7) is 1.27. The third kappa shape index (κ3) is 5.45. The van der Waals surface area contributed by atoms with Crippen LogP contribution in [0.15, 0.2) is 24.3 Å². The highest BCUT2D eigenvalue weighted by Gasteiger charge is 2.31. The van der Waals surface area contributed by atoms with Crippen molar-refractivity contribution in [2.24, 2.45) is 0 Å². The minimum absolute atomic E-state index is 0.000937. The van der Waals surface area contributed by atoms with E-state index < -0.39 is 11.7 Å². The summed E-state index contributed by atoms with van der Waals surface area (Å²) in [6.07, 6.45) is -2.89. The van der Waals surface area contributed by atoms with Gasteiger partial charge in [-0.05, 0) is 37.1 Å². The number of methoxy groups -OCH3 is 1. The fourth-order valence-electron chi connectivity index (χ4n) is 2.71. The molecule has 138 valence electrons. The third-order valence-corrected chi connectivity index (χ3v) is 4.14. The molecule has 8 heteroatoms. The van der Waals surface area contributed by atoms with E-state index in [2.05, 4.69) is 5.32 Å². The Morgan fingerprint density at radius 2 is 1.80 bits per heavy atom. The number of rotatable bonds is 5. The van der Waals surface area contributed by atoms with Crippen LogP contribution in [0, 0.1) is 0 Å². The van der Waals surface area contributed by atoms with Crippen molar-refractivity contribution in [3.05, 3.63) is 35.4 Å². The van der Waals surface area contributed by atoms with Crippen LogP contribution in [0.2, 0.25) is 0 Å². The van der Waals surface area contributed by atoms with Crippen LogP contribution in [0.1, 0.15) is 35.2 Å². The maximum atomic E-state index is 12.6. The number of nitrogens with zero attached hydrogens (tertiary/aromatic N) is 1. The molecule has 1 aliphatic heterocycles. The van der Waals surface area contributed by atoms with Crippen molar-refractivity contribution >= 4 is 11.8 Å². The van der Waals surface area contributed by atoms with Crippen molar-refractivity contribution in [2.45, 2.75) is 31.5 Å². The van der Waals surface area contributed by atoms with Crippen molar-refractivity contribution in [1.29, 1.82) is 0 Å². The topological polar surface area (TPSA) is 58.6 Å². The first-order valence-electron chi connectivity index (χ1n) is 8.06. The van der Waals surface area contributed by atoms with Gasteiger partial charge in [0.15, 0.2) is 0 Å². The lowest BCUT2D eigenvalue weighted by atomic mass is 10.0. The van der Waals surface area contributed by atoms with Gasteiger partial charge in [-0.25, -0.2) is 0 Å². The summed E-state index contributed by atoms with van der Waals surface area (Å²) in [5.41, 5.74) is -0.544. The molecule has 1 aliphatic rings. The molecule has 0 radical (unpaired) electrons. The van der Waals surface area contributed by atoms with Gasteiger partial charge >= 0.3 is 6.18 Å². The average molecular weight is 358 g/mol. The number of nitrogens with one attached hydrogen (secondary N) is 1. The molecule has 25 heavy (non-hydrogen) atoms. The van der Waals surface area contributed by atoms with Crippen LogP contribution in [0.25, 0.3) is 0 Å². The van der Waals surface area contributed by atoms with Crippen LogP contribution in [-0.4, -0.2) is 49.6 Å². The quantitative estimate of drug-likeness (QED) is 0.880. The summed E-state index contributed by atoms with van der Waals surface area (Å²) >= 11 is 0. The first-order valence-corrected chi connectivity index (χ1v) is 8.06. The van der Waals surface area contributed by atoms with Gasteiger partial charge in [0, 0.05) is 38.2 Å². The van der Waals surface area contributed by atoms with Gasteiger partial charge in [-0.1, -0.05) is 0 Å². The highest BCUT2D eigenvalue weighted by Crippen LogP contribution is 2.29. The maximum absolute atomic E-state index is 12.6. The van der Waals surface area contributed by atoms with Gasteiger partial charge in [0.05, 0.1) is 12.2 Å². The van der Waals surface area contributed by atoms with Crippen LogP contribution in [0.3, 0.4) is 0 Å². The summed E-state index contributed by atoms with van der Waals surface area (Å²) in [6, 6.07) is 4.22. The molecule has 1 saturated heterocycles. The lowest BCUT2D eigenvalue weighted by Gasteiger charge is -2.32. The van der Waals surface area contributed by atoms with Crippen molar-refractivity contribution in [3.63, 3.8) is 0 Å². The molecule has 0 unspecified atom stereocenters. The number of benzene rings is 1. The molecule has 0 aliphatic carbocycles. The minimum Gasteiger partial charge on any atom is -0.384 e. The third-order valence-electron chi connectivity index (χ3n) is 4.14. The van der Waals surface area contributed by atoms with Gasteiger partial charge in [0.2, 0.25) is 5.91 Å². The van der Waals surface area contributed by atoms with Gasteiger partial charge in [-0.3, -0.25) is 9.59 Å². The Balaban J connectivity index is 1.86. The van der Waals surface area contributed by atoms with Gasteiger partial charge in [0.1, 0.15) is 0 Å². The minimum atomic E-state index is -4.42. The van der Waals surface area contributed by atoms with Crippen molar-refractivity contribution in [1.82, 2.24) is 10.2 Å². The van der Waals surface area contributed by atoms with Crippen LogP contribution in [-0.2, 0) is 15.7 Å². The molecule has 1 N–H and O–H groups in total. The second kappa shape index (κ2) is 8.33. The zero-order valence-corrected chi connectivity index (χ0v) is 13.9. The van der Waals surface area contributed by atoms with Gasteiger partial charge in [-0.15, -0.1) is 0 Å². The number of carbonyl (C=O) groups is 2. The fraction of sp³-hybridized carbons (Fsp3) is 0.529. The molecule has 0 atom stereocenters. The van der Waals surface area contributed by atoms with E-state index in [1.54, 1.807) is 4.90 Å². The highest BCUT2D eigenvalue weighted by molar-refractivity contribution is 5.94. The average Bonchev–Trinajstić information content (AvgIpc) is 2.59. The number of amides is 2. The molecule has 0 saturated carbocycles. The molecule has 0 bridgehead atoms. The van der Waals surface area contributed by atoms with Crippen molar-refractivity contribution in [2.75, 3.05) is 26.8 Å². The molecule has 1 aromatic carbocycles. The molecule has 2 rings (SSSR count). The largest absolute Gasteiger partial charge is 0.416 e. The van der Waals surface area contributed by atoms with E-state index >= 15 is 0 Å². The summed E-state index contributed by atoms with van der Waals surface area (Å²) in [4.78, 5) is 25.6. The van der Waals surface area contributed by atoms with E-state index in [0.29, 0.717) is 39.0 Å². The predicted molar refractivity (Wildman–Crippen MR) is 85.0 cm³/mol. The van der Waals surface area contributed by atoms with E-state index in [-0.39, 0.29) is 23.4 Å². The van der Waals surface area contributed by atoms with Crippen LogP contribution in [0.5, 0.6) is 0 Å². The predicted octanol–water partition coefficient (Wildman–Crippen LogP) is 2.46. The van der Waals surface area contributed by atoms with E-state index in [9.17, 15) is 22.8 Å². The summed E-state index contributed by atoms with van der Waals surface area (Å²) in [5.74, 6) is -0.382. The number of ether oxygens (including phenoxy) is 1. The first-order chi connectivity index (χ1) is 11.8. The Bertz CT molecular complexity index is 594. The molecule has 5 nitrogen and oxygen atoms in total. The smallest absolute Gasteiger partial charge is 0.384 e. The molecule has 0 spiro atoms. The van der Waals surface area contributed by atoms with Gasteiger partial charge in [-0.2, -0.15) is 13.2 Å². The Morgan fingerprint density at radius 3 is 2.32 bits per heavy atom. The van der Waals surface area contributed by atoms with Gasteiger partial charge < -0.3 is 15.0 Å². The van der Waals surface area contributed by atoms with Crippen molar-refractivity contribution < 1.29 is 27.5 Å². The molecule has 1 fully saturated rings. The number of piperidine rings is 1. The number of carbonyl (C=O) groups excluding carboxylic acids is 2. The Hall–Kier alpha value is -2.09. The van der Waals surface area contributed by atoms with E-state index in [0.717, 1.165) is 12.1 Å². The monoisotopic (exact) mass is 358 g/mol. The van der Waals surface area contributed by atoms with Gasteiger partial charge in [0.25, 0.3) is 5.91 Å². The summed E-state index contributed by atoms with van der Waals surface area (Å²) < 4.78 is 42.5. The molecule has 1 heterocycles. The summed E-state index contributed by atoms with van der Waals surface area (Å²) in [5, 5.41) is 2.90. The number of halogens is 3. The first kappa shape index (κ1) is 19.2. The number of alkyl halides is 3. The molecular weight excluding hydrogens is 337 g/mol. The Morgan fingerprint density at radius 1 is 1.20 bits per heavy atom. The fourth-order valence-corrected chi connectivity index (χ4v) is 2.71. The van der Waals surface area contributed by atoms with E-state index in [1.807, 2.05) is 0 Å². The standard InChI is InChI=1S/C17H21F3N2O3/c1-25-11-8-15(23)21-14-6-9-22(10-7-14)16(24)12-2-4-13(5-3-12)17(18,19)20/h2-5,14H,6-11H2,1H3,(H,21,23). The molecule has 1 aromatic rings. The number of hydrogen-bond donors (Lipinski definition) is 1. The summed E-state index contributed by atoms with van der Waals surface area (Å²) in [7, 11) is 1.53. The molecular formula is C17H21F3N2O3. The van der Waals surface area contributed by atoms with Crippen LogP contribution < -0.4 is 5.32 Å². The van der Waals surface area contributed by atoms with Crippen LogP contribution >= 0.6 is 0 Å². The normalized spacial score (nSPS) is 15.9. The number of likely N-dealkylation sites (tertiary alicyclic amines) is 1. The molecule has 2 amide bonds. The zero-order chi connectivity index (χ0) is 18.4. The maximum Gasteiger partial charge on any atom is 0.416 e. The Labute approximate surface area is 144 Å². The lowest BCUT2D eigenvalue weighted by molar-refractivity contribution is -0.137. The second-order valence-electron chi connectivity index (χ2n) is 5.95.